The van der Waals surface area contributed by atoms with Gasteiger partial charge in [0, 0.05) is 0 Å². The lowest BCUT2D eigenvalue weighted by molar-refractivity contribution is -0.150. The molecule has 1 heterocycles. The number of hydrogen-bond acceptors (Lipinski definition) is 2. The SMILES string of the molecule is FC(F)=C(F)F.FC1=C(F)OC(F)O1. The Hall–Kier alpha value is -1.41. The van der Waals surface area contributed by atoms with Crippen molar-refractivity contribution in [2.75, 3.05) is 0 Å². The third-order valence-corrected chi connectivity index (χ3v) is 0.690. The zero-order chi connectivity index (χ0) is 11.3. The lowest BCUT2D eigenvalue weighted by atomic mass is 11.0. The molecule has 0 aromatic heterocycles. The second-order valence-corrected chi connectivity index (χ2v) is 1.58. The van der Waals surface area contributed by atoms with Gasteiger partial charge < -0.3 is 9.47 Å². The van der Waals surface area contributed by atoms with Gasteiger partial charge >= 0.3 is 30.7 Å². The van der Waals surface area contributed by atoms with E-state index in [1.165, 1.54) is 0 Å². The van der Waals surface area contributed by atoms with Crippen LogP contribution in [0, 0.1) is 0 Å². The molecule has 82 valence electrons. The van der Waals surface area contributed by atoms with Gasteiger partial charge in [0.05, 0.1) is 0 Å². The number of alkyl halides is 1. The topological polar surface area (TPSA) is 18.5 Å². The van der Waals surface area contributed by atoms with Crippen molar-refractivity contribution in [2.24, 2.45) is 0 Å². The molecule has 1 aliphatic rings. The fraction of sp³-hybridized carbons (Fsp3) is 0.200. The van der Waals surface area contributed by atoms with E-state index >= 15 is 0 Å². The third-order valence-electron chi connectivity index (χ3n) is 0.690. The molecule has 0 aromatic rings. The first-order chi connectivity index (χ1) is 6.34. The molecule has 2 nitrogen and oxygen atoms in total. The van der Waals surface area contributed by atoms with Crippen LogP contribution in [0.2, 0.25) is 0 Å². The van der Waals surface area contributed by atoms with Crippen molar-refractivity contribution < 1.29 is 40.2 Å². The Bertz CT molecular complexity index is 229. The van der Waals surface area contributed by atoms with Gasteiger partial charge in [0.1, 0.15) is 0 Å². The molecule has 0 aromatic carbocycles. The van der Waals surface area contributed by atoms with E-state index in [4.69, 9.17) is 0 Å². The zero-order valence-corrected chi connectivity index (χ0v) is 6.04. The molecule has 1 rings (SSSR count). The minimum Gasteiger partial charge on any atom is -0.398 e. The average molecular weight is 226 g/mol. The van der Waals surface area contributed by atoms with Crippen LogP contribution in [0.15, 0.2) is 24.2 Å². The van der Waals surface area contributed by atoms with Gasteiger partial charge in [-0.2, -0.15) is 30.7 Å². The van der Waals surface area contributed by atoms with Gasteiger partial charge in [-0.05, 0) is 0 Å². The molecule has 0 amide bonds. The average Bonchev–Trinajstić information content (AvgIpc) is 2.30. The summed E-state index contributed by atoms with van der Waals surface area (Å²) in [5.74, 6) is 0. The van der Waals surface area contributed by atoms with E-state index in [-0.39, 0.29) is 0 Å². The van der Waals surface area contributed by atoms with Gasteiger partial charge in [-0.3, -0.25) is 0 Å². The largest absolute Gasteiger partial charge is 0.400 e. The maximum atomic E-state index is 11.5. The van der Waals surface area contributed by atoms with Crippen molar-refractivity contribution in [3.8, 4) is 0 Å². The highest BCUT2D eigenvalue weighted by molar-refractivity contribution is 4.86. The second kappa shape index (κ2) is 5.35. The Labute approximate surface area is 72.2 Å². The summed E-state index contributed by atoms with van der Waals surface area (Å²) >= 11 is 0. The van der Waals surface area contributed by atoms with E-state index in [0.29, 0.717) is 0 Å². The van der Waals surface area contributed by atoms with Crippen molar-refractivity contribution in [1.82, 2.24) is 0 Å². The van der Waals surface area contributed by atoms with Crippen LogP contribution in [0.3, 0.4) is 0 Å². The Morgan fingerprint density at radius 2 is 1.14 bits per heavy atom. The molecule has 0 unspecified atom stereocenters. The van der Waals surface area contributed by atoms with Crippen LogP contribution in [0.4, 0.5) is 30.7 Å². The van der Waals surface area contributed by atoms with Crippen molar-refractivity contribution in [3.05, 3.63) is 24.2 Å². The summed E-state index contributed by atoms with van der Waals surface area (Å²) in [7, 11) is 0. The van der Waals surface area contributed by atoms with Gasteiger partial charge in [-0.1, -0.05) is 0 Å². The number of ether oxygens (including phenoxy) is 2. The number of rotatable bonds is 0. The van der Waals surface area contributed by atoms with Crippen molar-refractivity contribution >= 4 is 0 Å². The maximum Gasteiger partial charge on any atom is 0.400 e. The quantitative estimate of drug-likeness (QED) is 0.589. The maximum absolute atomic E-state index is 11.5. The van der Waals surface area contributed by atoms with Gasteiger partial charge in [0.25, 0.3) is 0 Å². The molecule has 1 aliphatic heterocycles. The van der Waals surface area contributed by atoms with E-state index < -0.39 is 30.7 Å². The standard InChI is InChI=1S/C3HF3O2.C2F4/c4-1-2(5)8-3(6)7-1;3-1(4)2(5)6/h3H;. The monoisotopic (exact) mass is 226 g/mol. The Morgan fingerprint density at radius 3 is 1.21 bits per heavy atom. The fourth-order valence-corrected chi connectivity index (χ4v) is 0.279. The zero-order valence-electron chi connectivity index (χ0n) is 6.04. The number of hydrogen-bond donors (Lipinski definition) is 0. The predicted molar refractivity (Wildman–Crippen MR) is 27.8 cm³/mol. The van der Waals surface area contributed by atoms with Crippen molar-refractivity contribution in [2.45, 2.75) is 6.54 Å². The summed E-state index contributed by atoms with van der Waals surface area (Å²) in [5.41, 5.74) is 0. The molecule has 0 radical (unpaired) electrons. The Kier molecular flexibility index (Phi) is 4.81. The third kappa shape index (κ3) is 4.58. The van der Waals surface area contributed by atoms with Crippen LogP contribution >= 0.6 is 0 Å². The van der Waals surface area contributed by atoms with Gasteiger partial charge in [-0.25, -0.2) is 0 Å². The van der Waals surface area contributed by atoms with E-state index in [9.17, 15) is 30.7 Å². The highest BCUT2D eigenvalue weighted by Crippen LogP contribution is 2.23. The molecule has 0 aliphatic carbocycles. The van der Waals surface area contributed by atoms with Crippen molar-refractivity contribution in [1.29, 1.82) is 0 Å². The summed E-state index contributed by atoms with van der Waals surface area (Å²) in [6.07, 6.45) is -5.81. The molecule has 0 atom stereocenters. The van der Waals surface area contributed by atoms with E-state index in [1.807, 2.05) is 0 Å². The van der Waals surface area contributed by atoms with Crippen LogP contribution < -0.4 is 0 Å². The highest BCUT2D eigenvalue weighted by atomic mass is 19.3. The molecule has 0 saturated heterocycles. The van der Waals surface area contributed by atoms with E-state index in [1.54, 1.807) is 0 Å². The number of halogens is 7. The minimum absolute atomic E-state index is 1.64. The Morgan fingerprint density at radius 1 is 0.857 bits per heavy atom. The normalized spacial score (nSPS) is 15.4. The Balaban J connectivity index is 0.000000255. The van der Waals surface area contributed by atoms with Crippen LogP contribution in [0.25, 0.3) is 0 Å². The van der Waals surface area contributed by atoms with Crippen LogP contribution in [0.1, 0.15) is 0 Å². The minimum atomic E-state index is -2.91. The molecule has 0 bridgehead atoms. The molecular weight excluding hydrogens is 225 g/mol. The first kappa shape index (κ1) is 12.6. The van der Waals surface area contributed by atoms with Crippen LogP contribution in [0.5, 0.6) is 0 Å². The first-order valence-electron chi connectivity index (χ1n) is 2.73. The summed E-state index contributed by atoms with van der Waals surface area (Å²) in [6, 6.07) is -3.28. The van der Waals surface area contributed by atoms with Crippen LogP contribution in [-0.4, -0.2) is 6.54 Å². The molecule has 0 fully saturated rings. The van der Waals surface area contributed by atoms with Gasteiger partial charge in [0.15, 0.2) is 0 Å². The lowest BCUT2D eigenvalue weighted by Crippen LogP contribution is -1.97. The smallest absolute Gasteiger partial charge is 0.398 e. The van der Waals surface area contributed by atoms with Crippen LogP contribution in [-0.2, 0) is 9.47 Å². The summed E-state index contributed by atoms with van der Waals surface area (Å²) < 4.78 is 82.4. The second-order valence-electron chi connectivity index (χ2n) is 1.58. The molecule has 0 saturated carbocycles. The highest BCUT2D eigenvalue weighted by Gasteiger charge is 2.26. The summed E-state index contributed by atoms with van der Waals surface area (Å²) in [6.45, 7) is -2.32. The van der Waals surface area contributed by atoms with Gasteiger partial charge in [-0.15, -0.1) is 0 Å². The summed E-state index contributed by atoms with van der Waals surface area (Å²) in [4.78, 5) is 0. The molecule has 0 N–H and O–H groups in total. The van der Waals surface area contributed by atoms with E-state index in [2.05, 4.69) is 9.47 Å². The molecular formula is C5HF7O2. The lowest BCUT2D eigenvalue weighted by Gasteiger charge is -1.94. The first-order valence-corrected chi connectivity index (χ1v) is 2.73. The molecule has 14 heavy (non-hydrogen) atoms. The fourth-order valence-electron chi connectivity index (χ4n) is 0.279. The molecule has 9 heteroatoms. The molecule has 0 spiro atoms. The van der Waals surface area contributed by atoms with E-state index in [0.717, 1.165) is 0 Å². The van der Waals surface area contributed by atoms with Crippen molar-refractivity contribution in [3.63, 3.8) is 0 Å². The predicted octanol–water partition coefficient (Wildman–Crippen LogP) is 3.34. The summed E-state index contributed by atoms with van der Waals surface area (Å²) in [5, 5.41) is 0. The van der Waals surface area contributed by atoms with Gasteiger partial charge in [0.2, 0.25) is 0 Å².